The highest BCUT2D eigenvalue weighted by Crippen LogP contribution is 2.24. The van der Waals surface area contributed by atoms with E-state index in [-0.39, 0.29) is 29.5 Å². The van der Waals surface area contributed by atoms with Gasteiger partial charge in [-0.05, 0) is 30.4 Å². The van der Waals surface area contributed by atoms with Crippen molar-refractivity contribution in [3.63, 3.8) is 0 Å². The van der Waals surface area contributed by atoms with Crippen molar-refractivity contribution in [2.75, 3.05) is 13.2 Å². The molecule has 1 amide bonds. The lowest BCUT2D eigenvalue weighted by atomic mass is 9.86. The normalized spacial score (nSPS) is 23.9. The lowest BCUT2D eigenvalue weighted by Crippen LogP contribution is -2.55. The number of rotatable bonds is 3. The zero-order chi connectivity index (χ0) is 16.3. The van der Waals surface area contributed by atoms with Gasteiger partial charge in [0.25, 0.3) is 0 Å². The number of hydrogen-bond acceptors (Lipinski definition) is 3. The minimum Gasteiger partial charge on any atom is -0.375 e. The van der Waals surface area contributed by atoms with E-state index in [0.717, 1.165) is 12.1 Å². The molecule has 0 saturated carbocycles. The predicted octanol–water partition coefficient (Wildman–Crippen LogP) is 2.54. The van der Waals surface area contributed by atoms with Crippen LogP contribution in [0, 0.1) is 0 Å². The van der Waals surface area contributed by atoms with Crippen LogP contribution in [0.5, 0.6) is 0 Å². The molecule has 1 unspecified atom stereocenters. The first kappa shape index (κ1) is 17.0. The van der Waals surface area contributed by atoms with E-state index in [1.165, 1.54) is 5.56 Å². The van der Waals surface area contributed by atoms with Crippen LogP contribution in [-0.4, -0.2) is 31.2 Å². The molecule has 2 rings (SSSR count). The van der Waals surface area contributed by atoms with Crippen LogP contribution in [-0.2, 0) is 14.9 Å². The van der Waals surface area contributed by atoms with Crippen molar-refractivity contribution in [3.8, 4) is 0 Å². The molecule has 0 aliphatic carbocycles. The summed E-state index contributed by atoms with van der Waals surface area (Å²) >= 11 is 0. The van der Waals surface area contributed by atoms with Crippen molar-refractivity contribution in [2.24, 2.45) is 0 Å². The third-order valence-electron chi connectivity index (χ3n) is 4.23. The van der Waals surface area contributed by atoms with E-state index in [4.69, 9.17) is 4.74 Å². The molecular formula is C18H28N2O2. The molecule has 3 atom stereocenters. The standard InChI is InChI=1S/C18H28N2O2/c1-12(14-6-8-15(9-7-14)18(3,4)5)20-17(21)16-13(2)22-11-10-19-16/h6-9,12-13,16,19H,10-11H2,1-5H3,(H,20,21)/t12?,13-,16+/m1/s1. The highest BCUT2D eigenvalue weighted by Gasteiger charge is 2.29. The fourth-order valence-corrected chi connectivity index (χ4v) is 2.69. The topological polar surface area (TPSA) is 50.4 Å². The summed E-state index contributed by atoms with van der Waals surface area (Å²) in [5, 5.41) is 6.29. The molecule has 1 fully saturated rings. The van der Waals surface area contributed by atoms with Crippen LogP contribution in [0.4, 0.5) is 0 Å². The number of hydrogen-bond donors (Lipinski definition) is 2. The minimum atomic E-state index is -0.273. The maximum atomic E-state index is 12.4. The minimum absolute atomic E-state index is 0.000372. The van der Waals surface area contributed by atoms with E-state index in [2.05, 4.69) is 55.7 Å². The van der Waals surface area contributed by atoms with Crippen LogP contribution in [0.2, 0.25) is 0 Å². The number of amides is 1. The summed E-state index contributed by atoms with van der Waals surface area (Å²) in [6, 6.07) is 8.19. The van der Waals surface area contributed by atoms with Gasteiger partial charge in [-0.2, -0.15) is 0 Å². The molecule has 1 aromatic carbocycles. The van der Waals surface area contributed by atoms with E-state index >= 15 is 0 Å². The van der Waals surface area contributed by atoms with Gasteiger partial charge >= 0.3 is 0 Å². The molecule has 1 aliphatic heterocycles. The van der Waals surface area contributed by atoms with E-state index in [1.807, 2.05) is 13.8 Å². The average Bonchev–Trinajstić information content (AvgIpc) is 2.46. The summed E-state index contributed by atoms with van der Waals surface area (Å²) in [5.74, 6) is -0.000372. The third-order valence-corrected chi connectivity index (χ3v) is 4.23. The van der Waals surface area contributed by atoms with Crippen LogP contribution < -0.4 is 10.6 Å². The molecule has 122 valence electrons. The van der Waals surface area contributed by atoms with Crippen molar-refractivity contribution in [3.05, 3.63) is 35.4 Å². The molecule has 0 bridgehead atoms. The highest BCUT2D eigenvalue weighted by molar-refractivity contribution is 5.82. The molecule has 4 heteroatoms. The Kier molecular flexibility index (Phi) is 5.24. The fraction of sp³-hybridized carbons (Fsp3) is 0.611. The number of ether oxygens (including phenoxy) is 1. The Morgan fingerprint density at radius 2 is 1.95 bits per heavy atom. The molecule has 2 N–H and O–H groups in total. The predicted molar refractivity (Wildman–Crippen MR) is 88.9 cm³/mol. The summed E-state index contributed by atoms with van der Waals surface area (Å²) in [6.07, 6.45) is -0.0933. The number of nitrogens with one attached hydrogen (secondary N) is 2. The molecule has 22 heavy (non-hydrogen) atoms. The van der Waals surface area contributed by atoms with Crippen molar-refractivity contribution in [2.45, 2.75) is 58.2 Å². The quantitative estimate of drug-likeness (QED) is 0.902. The lowest BCUT2D eigenvalue weighted by molar-refractivity contribution is -0.129. The lowest BCUT2D eigenvalue weighted by Gasteiger charge is -2.30. The second-order valence-electron chi connectivity index (χ2n) is 7.11. The van der Waals surface area contributed by atoms with Gasteiger partial charge in [-0.1, -0.05) is 45.0 Å². The molecule has 1 aromatic rings. The Hall–Kier alpha value is -1.39. The van der Waals surface area contributed by atoms with Crippen LogP contribution >= 0.6 is 0 Å². The van der Waals surface area contributed by atoms with E-state index in [9.17, 15) is 4.79 Å². The number of carbonyl (C=O) groups is 1. The Labute approximate surface area is 133 Å². The van der Waals surface area contributed by atoms with Crippen LogP contribution in [0.25, 0.3) is 0 Å². The first-order valence-corrected chi connectivity index (χ1v) is 8.05. The van der Waals surface area contributed by atoms with Gasteiger partial charge < -0.3 is 15.4 Å². The summed E-state index contributed by atoms with van der Waals surface area (Å²) in [7, 11) is 0. The van der Waals surface area contributed by atoms with Crippen molar-refractivity contribution in [1.29, 1.82) is 0 Å². The van der Waals surface area contributed by atoms with E-state index < -0.39 is 0 Å². The molecule has 0 radical (unpaired) electrons. The first-order chi connectivity index (χ1) is 10.3. The van der Waals surface area contributed by atoms with Gasteiger partial charge in [0.2, 0.25) is 5.91 Å². The summed E-state index contributed by atoms with van der Waals surface area (Å²) in [6.45, 7) is 11.9. The van der Waals surface area contributed by atoms with Crippen LogP contribution in [0.1, 0.15) is 51.8 Å². The zero-order valence-corrected chi connectivity index (χ0v) is 14.3. The Balaban J connectivity index is 1.99. The third kappa shape index (κ3) is 4.08. The van der Waals surface area contributed by atoms with Gasteiger partial charge in [-0.15, -0.1) is 0 Å². The molecule has 0 aromatic heterocycles. The number of carbonyl (C=O) groups excluding carboxylic acids is 1. The average molecular weight is 304 g/mol. The molecule has 4 nitrogen and oxygen atoms in total. The van der Waals surface area contributed by atoms with Gasteiger partial charge in [0.05, 0.1) is 18.8 Å². The summed E-state index contributed by atoms with van der Waals surface area (Å²) in [4.78, 5) is 12.4. The Bertz CT molecular complexity index is 505. The zero-order valence-electron chi connectivity index (χ0n) is 14.3. The largest absolute Gasteiger partial charge is 0.375 e. The summed E-state index contributed by atoms with van der Waals surface area (Å²) < 4.78 is 5.53. The molecule has 1 saturated heterocycles. The maximum Gasteiger partial charge on any atom is 0.240 e. The van der Waals surface area contributed by atoms with Crippen LogP contribution in [0.3, 0.4) is 0 Å². The van der Waals surface area contributed by atoms with E-state index in [1.54, 1.807) is 0 Å². The molecule has 1 aliphatic rings. The SMILES string of the molecule is CC(NC(=O)[C@H]1NCCO[C@@H]1C)c1ccc(C(C)(C)C)cc1. The van der Waals surface area contributed by atoms with Gasteiger partial charge in [-0.25, -0.2) is 0 Å². The molecular weight excluding hydrogens is 276 g/mol. The van der Waals surface area contributed by atoms with Gasteiger partial charge in [-0.3, -0.25) is 4.79 Å². The highest BCUT2D eigenvalue weighted by atomic mass is 16.5. The second-order valence-corrected chi connectivity index (χ2v) is 7.11. The monoisotopic (exact) mass is 304 g/mol. The van der Waals surface area contributed by atoms with Crippen LogP contribution in [0.15, 0.2) is 24.3 Å². The maximum absolute atomic E-state index is 12.4. The van der Waals surface area contributed by atoms with E-state index in [0.29, 0.717) is 6.61 Å². The second kappa shape index (κ2) is 6.80. The van der Waals surface area contributed by atoms with Gasteiger partial charge in [0.15, 0.2) is 0 Å². The number of morpholine rings is 1. The van der Waals surface area contributed by atoms with Crippen molar-refractivity contribution < 1.29 is 9.53 Å². The smallest absolute Gasteiger partial charge is 0.240 e. The summed E-state index contributed by atoms with van der Waals surface area (Å²) in [5.41, 5.74) is 2.56. The van der Waals surface area contributed by atoms with Gasteiger partial charge in [0.1, 0.15) is 6.04 Å². The van der Waals surface area contributed by atoms with Gasteiger partial charge in [0, 0.05) is 6.54 Å². The van der Waals surface area contributed by atoms with Crippen molar-refractivity contribution in [1.82, 2.24) is 10.6 Å². The molecule has 1 heterocycles. The Morgan fingerprint density at radius 3 is 2.50 bits per heavy atom. The fourth-order valence-electron chi connectivity index (χ4n) is 2.69. The van der Waals surface area contributed by atoms with Crippen molar-refractivity contribution >= 4 is 5.91 Å². The molecule has 0 spiro atoms. The number of benzene rings is 1. The first-order valence-electron chi connectivity index (χ1n) is 8.05. The Morgan fingerprint density at radius 1 is 1.32 bits per heavy atom.